The van der Waals surface area contributed by atoms with Gasteiger partial charge in [0.25, 0.3) is 5.91 Å². The summed E-state index contributed by atoms with van der Waals surface area (Å²) in [6.07, 6.45) is 1.70. The Bertz CT molecular complexity index is 966. The van der Waals surface area contributed by atoms with Crippen molar-refractivity contribution in [1.29, 1.82) is 0 Å². The third kappa shape index (κ3) is 3.78. The fourth-order valence-electron chi connectivity index (χ4n) is 3.40. The number of rotatable bonds is 4. The molecule has 0 unspecified atom stereocenters. The van der Waals surface area contributed by atoms with Gasteiger partial charge in [-0.15, -0.1) is 11.3 Å². The summed E-state index contributed by atoms with van der Waals surface area (Å²) in [5, 5.41) is 4.66. The second-order valence-corrected chi connectivity index (χ2v) is 8.09. The van der Waals surface area contributed by atoms with Crippen molar-refractivity contribution in [3.63, 3.8) is 0 Å². The molecule has 140 valence electrons. The first-order valence-electron chi connectivity index (χ1n) is 8.97. The maximum atomic E-state index is 11.8. The molecule has 3 heterocycles. The van der Waals surface area contributed by atoms with E-state index in [1.165, 1.54) is 9.58 Å². The van der Waals surface area contributed by atoms with Gasteiger partial charge in [0.05, 0.1) is 5.02 Å². The van der Waals surface area contributed by atoms with Crippen LogP contribution in [0.5, 0.6) is 0 Å². The number of halogens is 1. The number of carbonyl (C=O) groups is 1. The third-order valence-electron chi connectivity index (χ3n) is 4.91. The maximum Gasteiger partial charge on any atom is 0.269 e. The zero-order chi connectivity index (χ0) is 18.8. The second kappa shape index (κ2) is 7.84. The fraction of sp³-hybridized carbons (Fsp3) is 0.300. The van der Waals surface area contributed by atoms with Crippen molar-refractivity contribution in [3.8, 4) is 0 Å². The molecule has 1 fully saturated rings. The molecule has 0 spiro atoms. The van der Waals surface area contributed by atoms with E-state index < -0.39 is 0 Å². The molecule has 27 heavy (non-hydrogen) atoms. The lowest BCUT2D eigenvalue weighted by Crippen LogP contribution is -2.46. The summed E-state index contributed by atoms with van der Waals surface area (Å²) in [7, 11) is 1.62. The lowest BCUT2D eigenvalue weighted by atomic mass is 10.2. The predicted octanol–water partition coefficient (Wildman–Crippen LogP) is 3.63. The van der Waals surface area contributed by atoms with E-state index in [0.717, 1.165) is 48.8 Å². The van der Waals surface area contributed by atoms with Gasteiger partial charge < -0.3 is 10.2 Å². The van der Waals surface area contributed by atoms with Gasteiger partial charge in [-0.05, 0) is 18.2 Å². The van der Waals surface area contributed by atoms with Crippen LogP contribution in [0.2, 0.25) is 5.02 Å². The van der Waals surface area contributed by atoms with Gasteiger partial charge in [0.2, 0.25) is 0 Å². The van der Waals surface area contributed by atoms with Gasteiger partial charge in [-0.25, -0.2) is 0 Å². The van der Waals surface area contributed by atoms with Crippen molar-refractivity contribution in [2.45, 2.75) is 6.54 Å². The fourth-order valence-corrected chi connectivity index (χ4v) is 4.94. The van der Waals surface area contributed by atoms with E-state index >= 15 is 0 Å². The smallest absolute Gasteiger partial charge is 0.269 e. The van der Waals surface area contributed by atoms with Gasteiger partial charge in [0, 0.05) is 66.6 Å². The zero-order valence-corrected chi connectivity index (χ0v) is 16.7. The van der Waals surface area contributed by atoms with Gasteiger partial charge >= 0.3 is 0 Å². The molecule has 0 saturated carbocycles. The average molecular weight is 401 g/mol. The lowest BCUT2D eigenvalue weighted by Gasteiger charge is -2.36. The van der Waals surface area contributed by atoms with E-state index in [2.05, 4.69) is 38.3 Å². The number of nitrogens with zero attached hydrogens (tertiary/aromatic N) is 3. The molecular weight excluding hydrogens is 380 g/mol. The van der Waals surface area contributed by atoms with E-state index in [9.17, 15) is 4.79 Å². The van der Waals surface area contributed by atoms with E-state index in [0.29, 0.717) is 5.69 Å². The molecular formula is C20H21ClN4OS. The van der Waals surface area contributed by atoms with Crippen molar-refractivity contribution in [2.75, 3.05) is 38.1 Å². The molecule has 0 aliphatic carbocycles. The Morgan fingerprint density at radius 3 is 2.74 bits per heavy atom. The Morgan fingerprint density at radius 2 is 2.00 bits per heavy atom. The number of benzene rings is 1. The SMILES string of the molecule is CNC(=O)c1cc(N2CCN(Cc3sc4ccccc4c3Cl)CC2)ccn1. The number of hydrogen-bond acceptors (Lipinski definition) is 5. The summed E-state index contributed by atoms with van der Waals surface area (Å²) in [5.41, 5.74) is 1.50. The predicted molar refractivity (Wildman–Crippen MR) is 112 cm³/mol. The molecule has 4 rings (SSSR count). The van der Waals surface area contributed by atoms with E-state index in [4.69, 9.17) is 11.6 Å². The Hall–Kier alpha value is -2.15. The summed E-state index contributed by atoms with van der Waals surface area (Å²) in [6.45, 7) is 4.63. The molecule has 5 nitrogen and oxygen atoms in total. The zero-order valence-electron chi connectivity index (χ0n) is 15.1. The number of nitrogens with one attached hydrogen (secondary N) is 1. The number of pyridine rings is 1. The van der Waals surface area contributed by atoms with Crippen molar-refractivity contribution < 1.29 is 4.79 Å². The van der Waals surface area contributed by atoms with E-state index in [1.807, 2.05) is 18.2 Å². The Kier molecular flexibility index (Phi) is 5.29. The van der Waals surface area contributed by atoms with Crippen LogP contribution in [0.1, 0.15) is 15.4 Å². The number of anilines is 1. The standard InChI is InChI=1S/C20H21ClN4OS/c1-22-20(26)16-12-14(6-7-23-16)25-10-8-24(9-11-25)13-18-19(21)15-4-2-3-5-17(15)27-18/h2-7,12H,8-11,13H2,1H3,(H,22,26). The molecule has 1 amide bonds. The minimum atomic E-state index is -0.158. The van der Waals surface area contributed by atoms with Crippen LogP contribution in [0, 0.1) is 0 Å². The quantitative estimate of drug-likeness (QED) is 0.726. The molecule has 1 saturated heterocycles. The summed E-state index contributed by atoms with van der Waals surface area (Å²) >= 11 is 8.37. The van der Waals surface area contributed by atoms with Crippen LogP contribution in [-0.4, -0.2) is 49.0 Å². The Labute approximate surface area is 167 Å². The number of piperazine rings is 1. The lowest BCUT2D eigenvalue weighted by molar-refractivity contribution is 0.0958. The summed E-state index contributed by atoms with van der Waals surface area (Å²) in [5.74, 6) is -0.158. The molecule has 7 heteroatoms. The highest BCUT2D eigenvalue weighted by molar-refractivity contribution is 7.19. The average Bonchev–Trinajstić information content (AvgIpc) is 3.04. The van der Waals surface area contributed by atoms with Crippen LogP contribution < -0.4 is 10.2 Å². The van der Waals surface area contributed by atoms with E-state index in [1.54, 1.807) is 24.6 Å². The topological polar surface area (TPSA) is 48.5 Å². The minimum Gasteiger partial charge on any atom is -0.369 e. The van der Waals surface area contributed by atoms with Crippen LogP contribution in [-0.2, 0) is 6.54 Å². The van der Waals surface area contributed by atoms with Gasteiger partial charge in [-0.1, -0.05) is 29.8 Å². The summed E-state index contributed by atoms with van der Waals surface area (Å²) in [6, 6.07) is 12.1. The van der Waals surface area contributed by atoms with Crippen molar-refractivity contribution >= 4 is 44.6 Å². The number of aromatic nitrogens is 1. The first-order valence-corrected chi connectivity index (χ1v) is 10.2. The van der Waals surface area contributed by atoms with Gasteiger partial charge in [-0.3, -0.25) is 14.7 Å². The number of amides is 1. The second-order valence-electron chi connectivity index (χ2n) is 6.58. The number of hydrogen-bond donors (Lipinski definition) is 1. The number of carbonyl (C=O) groups excluding carboxylic acids is 1. The molecule has 1 aliphatic heterocycles. The Morgan fingerprint density at radius 1 is 1.22 bits per heavy atom. The number of fused-ring (bicyclic) bond motifs is 1. The first kappa shape index (κ1) is 18.2. The van der Waals surface area contributed by atoms with Crippen molar-refractivity contribution in [2.24, 2.45) is 0 Å². The molecule has 1 aliphatic rings. The highest BCUT2D eigenvalue weighted by Crippen LogP contribution is 2.36. The molecule has 0 radical (unpaired) electrons. The monoisotopic (exact) mass is 400 g/mol. The van der Waals surface area contributed by atoms with Crippen LogP contribution in [0.3, 0.4) is 0 Å². The third-order valence-corrected chi connectivity index (χ3v) is 6.61. The summed E-state index contributed by atoms with van der Waals surface area (Å²) in [4.78, 5) is 21.9. The molecule has 3 aromatic rings. The van der Waals surface area contributed by atoms with Gasteiger partial charge in [0.15, 0.2) is 0 Å². The molecule has 0 atom stereocenters. The van der Waals surface area contributed by atoms with Crippen LogP contribution in [0.4, 0.5) is 5.69 Å². The van der Waals surface area contributed by atoms with Crippen molar-refractivity contribution in [1.82, 2.24) is 15.2 Å². The Balaban J connectivity index is 1.41. The first-order chi connectivity index (χ1) is 13.2. The highest BCUT2D eigenvalue weighted by Gasteiger charge is 2.20. The normalized spacial score (nSPS) is 15.3. The van der Waals surface area contributed by atoms with E-state index in [-0.39, 0.29) is 5.91 Å². The summed E-state index contributed by atoms with van der Waals surface area (Å²) < 4.78 is 1.25. The van der Waals surface area contributed by atoms with Crippen LogP contribution >= 0.6 is 22.9 Å². The van der Waals surface area contributed by atoms with Gasteiger partial charge in [-0.2, -0.15) is 0 Å². The van der Waals surface area contributed by atoms with Crippen LogP contribution in [0.25, 0.3) is 10.1 Å². The molecule has 1 N–H and O–H groups in total. The minimum absolute atomic E-state index is 0.158. The van der Waals surface area contributed by atoms with Crippen LogP contribution in [0.15, 0.2) is 42.6 Å². The maximum absolute atomic E-state index is 11.8. The molecule has 0 bridgehead atoms. The van der Waals surface area contributed by atoms with Crippen molar-refractivity contribution in [3.05, 3.63) is 58.2 Å². The highest BCUT2D eigenvalue weighted by atomic mass is 35.5. The molecule has 1 aromatic carbocycles. The number of thiophene rings is 1. The molecule has 2 aromatic heterocycles. The largest absolute Gasteiger partial charge is 0.369 e. The van der Waals surface area contributed by atoms with Gasteiger partial charge in [0.1, 0.15) is 5.69 Å².